The lowest BCUT2D eigenvalue weighted by Crippen LogP contribution is -2.07. The number of hydrogen-bond donors (Lipinski definition) is 1. The van der Waals surface area contributed by atoms with E-state index in [9.17, 15) is 13.2 Å². The Morgan fingerprint density at radius 1 is 1.14 bits per heavy atom. The number of fused-ring (bicyclic) bond motifs is 1. The van der Waals surface area contributed by atoms with Crippen molar-refractivity contribution in [1.29, 1.82) is 0 Å². The quantitative estimate of drug-likeness (QED) is 0.400. The third-order valence-corrected chi connectivity index (χ3v) is 5.96. The van der Waals surface area contributed by atoms with Gasteiger partial charge in [-0.05, 0) is 30.7 Å². The van der Waals surface area contributed by atoms with E-state index in [0.717, 1.165) is 11.6 Å². The summed E-state index contributed by atoms with van der Waals surface area (Å²) in [5.41, 5.74) is 0.804. The molecule has 3 heterocycles. The van der Waals surface area contributed by atoms with Crippen molar-refractivity contribution in [1.82, 2.24) is 19.5 Å². The summed E-state index contributed by atoms with van der Waals surface area (Å²) in [6.45, 7) is 2.05. The number of halogens is 5. The van der Waals surface area contributed by atoms with Gasteiger partial charge in [-0.3, -0.25) is 4.57 Å². The number of anilines is 1. The molecule has 0 bridgehead atoms. The fraction of sp³-hybridized carbons (Fsp3) is 0.167. The maximum Gasteiger partial charge on any atom is 0.425 e. The summed E-state index contributed by atoms with van der Waals surface area (Å²) < 4.78 is 41.3. The lowest BCUT2D eigenvalue weighted by molar-refractivity contribution is -0.134. The Bertz CT molecular complexity index is 1200. The van der Waals surface area contributed by atoms with Crippen LogP contribution in [0.3, 0.4) is 0 Å². The Kier molecular flexibility index (Phi) is 5.14. The van der Waals surface area contributed by atoms with Crippen molar-refractivity contribution in [3.63, 3.8) is 0 Å². The maximum absolute atomic E-state index is 13.2. The van der Waals surface area contributed by atoms with Gasteiger partial charge in [-0.15, -0.1) is 11.3 Å². The Hall–Kier alpha value is -2.36. The SMILES string of the molecule is Cc1nccn1-c1nc(NCc2ccc(Cl)c(Cl)c2)c2cc(C(F)(F)F)sc2n1. The second-order valence-corrected chi connectivity index (χ2v) is 7.99. The van der Waals surface area contributed by atoms with Gasteiger partial charge in [-0.2, -0.15) is 18.2 Å². The van der Waals surface area contributed by atoms with Crippen LogP contribution < -0.4 is 5.32 Å². The third kappa shape index (κ3) is 4.03. The molecule has 0 aliphatic rings. The normalized spacial score (nSPS) is 11.9. The summed E-state index contributed by atoms with van der Waals surface area (Å²) in [6, 6.07) is 6.17. The van der Waals surface area contributed by atoms with E-state index in [1.807, 2.05) is 0 Å². The van der Waals surface area contributed by atoms with Crippen molar-refractivity contribution in [3.8, 4) is 5.95 Å². The molecule has 11 heteroatoms. The molecule has 0 amide bonds. The Labute approximate surface area is 177 Å². The van der Waals surface area contributed by atoms with Crippen molar-refractivity contribution in [2.45, 2.75) is 19.6 Å². The maximum atomic E-state index is 13.2. The van der Waals surface area contributed by atoms with E-state index in [-0.39, 0.29) is 16.6 Å². The number of alkyl halides is 3. The standard InChI is InChI=1S/C18H12Cl2F3N5S/c1-9-24-4-5-28(9)17-26-15(25-8-10-2-3-12(19)13(20)6-10)11-7-14(18(21,22)23)29-16(11)27-17/h2-7H,8H2,1H3,(H,25,26,27). The molecule has 0 saturated carbocycles. The minimum absolute atomic E-state index is 0.229. The fourth-order valence-corrected chi connectivity index (χ4v) is 3.93. The van der Waals surface area contributed by atoms with Gasteiger partial charge in [-0.25, -0.2) is 9.97 Å². The summed E-state index contributed by atoms with van der Waals surface area (Å²) in [4.78, 5) is 12.4. The van der Waals surface area contributed by atoms with E-state index >= 15 is 0 Å². The van der Waals surface area contributed by atoms with Crippen LogP contribution in [0.5, 0.6) is 0 Å². The van der Waals surface area contributed by atoms with Gasteiger partial charge >= 0.3 is 6.18 Å². The van der Waals surface area contributed by atoms with Crippen LogP contribution >= 0.6 is 34.5 Å². The van der Waals surface area contributed by atoms with Gasteiger partial charge in [-0.1, -0.05) is 29.3 Å². The molecular formula is C18H12Cl2F3N5S. The first-order valence-corrected chi connectivity index (χ1v) is 9.86. The number of rotatable bonds is 4. The summed E-state index contributed by atoms with van der Waals surface area (Å²) in [7, 11) is 0. The van der Waals surface area contributed by atoms with Crippen molar-refractivity contribution >= 4 is 50.6 Å². The number of benzene rings is 1. The molecule has 0 aliphatic heterocycles. The molecule has 0 spiro atoms. The second-order valence-electron chi connectivity index (χ2n) is 6.15. The van der Waals surface area contributed by atoms with Crippen molar-refractivity contribution in [2.24, 2.45) is 0 Å². The van der Waals surface area contributed by atoms with E-state index in [4.69, 9.17) is 23.2 Å². The molecule has 0 fully saturated rings. The van der Waals surface area contributed by atoms with E-state index in [0.29, 0.717) is 39.1 Å². The lowest BCUT2D eigenvalue weighted by Gasteiger charge is -2.10. The Balaban J connectivity index is 1.78. The molecule has 0 radical (unpaired) electrons. The van der Waals surface area contributed by atoms with Crippen molar-refractivity contribution < 1.29 is 13.2 Å². The van der Waals surface area contributed by atoms with Crippen LogP contribution in [0.15, 0.2) is 36.7 Å². The molecule has 150 valence electrons. The molecule has 4 aromatic rings. The van der Waals surface area contributed by atoms with E-state index in [1.54, 1.807) is 42.1 Å². The molecule has 0 atom stereocenters. The van der Waals surface area contributed by atoms with Crippen LogP contribution in [0.25, 0.3) is 16.2 Å². The number of nitrogens with zero attached hydrogens (tertiary/aromatic N) is 4. The first-order chi connectivity index (χ1) is 13.7. The monoisotopic (exact) mass is 457 g/mol. The van der Waals surface area contributed by atoms with Gasteiger partial charge in [0, 0.05) is 18.9 Å². The zero-order chi connectivity index (χ0) is 20.8. The molecule has 4 rings (SSSR count). The van der Waals surface area contributed by atoms with Crippen LogP contribution in [0.1, 0.15) is 16.3 Å². The summed E-state index contributed by atoms with van der Waals surface area (Å²) in [5.74, 6) is 1.14. The molecule has 5 nitrogen and oxygen atoms in total. The third-order valence-electron chi connectivity index (χ3n) is 4.15. The van der Waals surface area contributed by atoms with Gasteiger partial charge < -0.3 is 5.32 Å². The zero-order valence-electron chi connectivity index (χ0n) is 14.8. The molecule has 1 N–H and O–H groups in total. The van der Waals surface area contributed by atoms with Crippen LogP contribution in [0.4, 0.5) is 19.0 Å². The predicted molar refractivity (Wildman–Crippen MR) is 108 cm³/mol. The minimum Gasteiger partial charge on any atom is -0.365 e. The average Bonchev–Trinajstić information content (AvgIpc) is 3.28. The number of imidazole rings is 1. The highest BCUT2D eigenvalue weighted by molar-refractivity contribution is 7.18. The van der Waals surface area contributed by atoms with Gasteiger partial charge in [0.1, 0.15) is 21.3 Å². The smallest absolute Gasteiger partial charge is 0.365 e. The molecule has 3 aromatic heterocycles. The largest absolute Gasteiger partial charge is 0.425 e. The highest BCUT2D eigenvalue weighted by atomic mass is 35.5. The summed E-state index contributed by atoms with van der Waals surface area (Å²) in [6.07, 6.45) is -1.24. The predicted octanol–water partition coefficient (Wildman–Crippen LogP) is 6.12. The van der Waals surface area contributed by atoms with Crippen molar-refractivity contribution in [2.75, 3.05) is 5.32 Å². The Morgan fingerprint density at radius 2 is 1.93 bits per heavy atom. The van der Waals surface area contributed by atoms with Crippen LogP contribution in [0, 0.1) is 6.92 Å². The van der Waals surface area contributed by atoms with Gasteiger partial charge in [0.05, 0.1) is 15.4 Å². The highest BCUT2D eigenvalue weighted by Crippen LogP contribution is 2.39. The molecule has 29 heavy (non-hydrogen) atoms. The van der Waals surface area contributed by atoms with Crippen LogP contribution in [-0.2, 0) is 12.7 Å². The summed E-state index contributed by atoms with van der Waals surface area (Å²) in [5, 5.41) is 4.20. The van der Waals surface area contributed by atoms with Crippen molar-refractivity contribution in [3.05, 3.63) is 63.0 Å². The number of aryl methyl sites for hydroxylation is 1. The molecule has 0 unspecified atom stereocenters. The van der Waals surface area contributed by atoms with E-state index in [1.165, 1.54) is 0 Å². The lowest BCUT2D eigenvalue weighted by atomic mass is 10.2. The Morgan fingerprint density at radius 3 is 2.59 bits per heavy atom. The van der Waals surface area contributed by atoms with E-state index in [2.05, 4.69) is 20.3 Å². The minimum atomic E-state index is -4.46. The van der Waals surface area contributed by atoms with E-state index < -0.39 is 11.1 Å². The van der Waals surface area contributed by atoms with Crippen LogP contribution in [0.2, 0.25) is 10.0 Å². The van der Waals surface area contributed by atoms with Gasteiger partial charge in [0.15, 0.2) is 0 Å². The molecule has 1 aromatic carbocycles. The average molecular weight is 458 g/mol. The number of thiophene rings is 1. The number of hydrogen-bond acceptors (Lipinski definition) is 5. The highest BCUT2D eigenvalue weighted by Gasteiger charge is 2.33. The first-order valence-electron chi connectivity index (χ1n) is 8.29. The van der Waals surface area contributed by atoms with Crippen LogP contribution in [-0.4, -0.2) is 19.5 Å². The van der Waals surface area contributed by atoms with Gasteiger partial charge in [0.2, 0.25) is 5.95 Å². The number of aromatic nitrogens is 4. The molecule has 0 saturated heterocycles. The first kappa shape index (κ1) is 19.9. The summed E-state index contributed by atoms with van der Waals surface area (Å²) >= 11 is 12.5. The topological polar surface area (TPSA) is 55.6 Å². The second kappa shape index (κ2) is 7.47. The zero-order valence-corrected chi connectivity index (χ0v) is 17.1. The number of nitrogens with one attached hydrogen (secondary N) is 1. The molecular weight excluding hydrogens is 446 g/mol. The van der Waals surface area contributed by atoms with Gasteiger partial charge in [0.25, 0.3) is 0 Å². The molecule has 0 aliphatic carbocycles. The fourth-order valence-electron chi connectivity index (χ4n) is 2.72.